The fourth-order valence-electron chi connectivity index (χ4n) is 2.92. The van der Waals surface area contributed by atoms with Crippen LogP contribution in [0.4, 0.5) is 13.2 Å². The van der Waals surface area contributed by atoms with Gasteiger partial charge in [0, 0.05) is 18.0 Å². The van der Waals surface area contributed by atoms with Crippen LogP contribution in [0.25, 0.3) is 0 Å². The zero-order chi connectivity index (χ0) is 24.7. The predicted molar refractivity (Wildman–Crippen MR) is 132 cm³/mol. The molecule has 0 bridgehead atoms. The van der Waals surface area contributed by atoms with Gasteiger partial charge in [-0.25, -0.2) is 0 Å². The smallest absolute Gasteiger partial charge is 0.345 e. The first kappa shape index (κ1) is 28.4. The fraction of sp³-hybridized carbons (Fsp3) is 0.440. The molecule has 0 saturated carbocycles. The second-order valence-corrected chi connectivity index (χ2v) is 8.80. The van der Waals surface area contributed by atoms with Crippen LogP contribution < -0.4 is 5.43 Å². The van der Waals surface area contributed by atoms with Crippen LogP contribution in [-0.4, -0.2) is 36.3 Å². The highest BCUT2D eigenvalue weighted by atomic mass is 32.1. The number of nitrogens with one attached hydrogen (secondary N) is 1. The van der Waals surface area contributed by atoms with Crippen LogP contribution in [0.1, 0.15) is 55.7 Å². The molecule has 0 unspecified atom stereocenters. The molecule has 0 radical (unpaired) electrons. The molecule has 1 saturated heterocycles. The summed E-state index contributed by atoms with van der Waals surface area (Å²) in [6, 6.07) is 3.80. The molecular weight excluding hydrogens is 447 g/mol. The highest BCUT2D eigenvalue weighted by Gasteiger charge is 2.32. The molecule has 0 spiro atoms. The van der Waals surface area contributed by atoms with Gasteiger partial charge in [0.05, 0.1) is 10.6 Å². The summed E-state index contributed by atoms with van der Waals surface area (Å²) >= 11 is 1.51. The van der Waals surface area contributed by atoms with Gasteiger partial charge in [0.15, 0.2) is 0 Å². The maximum atomic E-state index is 12.6. The van der Waals surface area contributed by atoms with Crippen molar-refractivity contribution in [3.8, 4) is 0 Å². The Kier molecular flexibility index (Phi) is 13.1. The van der Waals surface area contributed by atoms with Gasteiger partial charge >= 0.3 is 6.18 Å². The van der Waals surface area contributed by atoms with Crippen molar-refractivity contribution in [2.24, 2.45) is 5.10 Å². The minimum Gasteiger partial charge on any atom is -0.345 e. The average Bonchev–Trinajstić information content (AvgIpc) is 3.24. The molecule has 33 heavy (non-hydrogen) atoms. The first-order chi connectivity index (χ1) is 15.7. The number of likely N-dealkylation sites (tertiary alicyclic amines) is 1. The van der Waals surface area contributed by atoms with Crippen molar-refractivity contribution in [2.75, 3.05) is 13.1 Å². The third-order valence-corrected chi connectivity index (χ3v) is 5.92. The number of amides is 1. The number of carbonyl (C=O) groups is 1. The van der Waals surface area contributed by atoms with Gasteiger partial charge in [-0.05, 0) is 65.0 Å². The number of hydrogen-bond acceptors (Lipinski definition) is 4. The van der Waals surface area contributed by atoms with Crippen molar-refractivity contribution in [3.05, 3.63) is 70.1 Å². The molecule has 1 aliphatic rings. The van der Waals surface area contributed by atoms with E-state index in [9.17, 15) is 18.0 Å². The van der Waals surface area contributed by atoms with Crippen LogP contribution in [0.15, 0.2) is 65.5 Å². The Morgan fingerprint density at radius 1 is 1.18 bits per heavy atom. The Bertz CT molecular complexity index is 860. The number of thiophene rings is 1. The van der Waals surface area contributed by atoms with E-state index >= 15 is 0 Å². The lowest BCUT2D eigenvalue weighted by atomic mass is 10.1. The Morgan fingerprint density at radius 3 is 2.36 bits per heavy atom. The summed E-state index contributed by atoms with van der Waals surface area (Å²) in [5.74, 6) is 0. The van der Waals surface area contributed by atoms with Crippen LogP contribution in [0.2, 0.25) is 0 Å². The predicted octanol–water partition coefficient (Wildman–Crippen LogP) is 6.91. The summed E-state index contributed by atoms with van der Waals surface area (Å²) in [7, 11) is 0. The minimum absolute atomic E-state index is 0.526. The maximum absolute atomic E-state index is 12.6. The SMILES string of the molecule is C=C(N/N=C(\CCC(/C=C\C=C/C)=C/C)c1ccc(C)s1)C(F)(F)F.O=CN1CCCCC1. The van der Waals surface area contributed by atoms with E-state index in [-0.39, 0.29) is 0 Å². The first-order valence-electron chi connectivity index (χ1n) is 11.0. The van der Waals surface area contributed by atoms with Gasteiger partial charge < -0.3 is 4.90 Å². The van der Waals surface area contributed by atoms with E-state index in [0.29, 0.717) is 18.6 Å². The Morgan fingerprint density at radius 2 is 1.88 bits per heavy atom. The Labute approximate surface area is 199 Å². The number of hydrazone groups is 1. The van der Waals surface area contributed by atoms with Crippen molar-refractivity contribution >= 4 is 23.5 Å². The number of alkyl halides is 3. The Hall–Kier alpha value is -2.61. The summed E-state index contributed by atoms with van der Waals surface area (Å²) in [4.78, 5) is 13.9. The van der Waals surface area contributed by atoms with Crippen LogP contribution in [0.3, 0.4) is 0 Å². The number of rotatable bonds is 9. The van der Waals surface area contributed by atoms with Gasteiger partial charge in [-0.1, -0.05) is 42.5 Å². The number of halogens is 3. The molecule has 1 aromatic heterocycles. The van der Waals surface area contributed by atoms with E-state index in [1.54, 1.807) is 0 Å². The van der Waals surface area contributed by atoms with Gasteiger partial charge in [-0.3, -0.25) is 10.2 Å². The molecule has 0 aromatic carbocycles. The summed E-state index contributed by atoms with van der Waals surface area (Å²) < 4.78 is 37.8. The van der Waals surface area contributed by atoms with Crippen LogP contribution in [-0.2, 0) is 4.79 Å². The van der Waals surface area contributed by atoms with Crippen LogP contribution >= 0.6 is 11.3 Å². The lowest BCUT2D eigenvalue weighted by molar-refractivity contribution is -0.118. The molecule has 1 aromatic rings. The van der Waals surface area contributed by atoms with Gasteiger partial charge in [-0.2, -0.15) is 18.3 Å². The minimum atomic E-state index is -4.51. The highest BCUT2D eigenvalue weighted by molar-refractivity contribution is 7.14. The van der Waals surface area contributed by atoms with Crippen LogP contribution in [0.5, 0.6) is 0 Å². The van der Waals surface area contributed by atoms with E-state index in [1.807, 2.05) is 68.2 Å². The molecule has 8 heteroatoms. The van der Waals surface area contributed by atoms with Gasteiger partial charge in [0.2, 0.25) is 6.41 Å². The van der Waals surface area contributed by atoms with E-state index < -0.39 is 11.9 Å². The van der Waals surface area contributed by atoms with E-state index in [2.05, 4.69) is 17.1 Å². The van der Waals surface area contributed by atoms with Crippen molar-refractivity contribution in [2.45, 2.75) is 59.1 Å². The monoisotopic (exact) mass is 481 g/mol. The maximum Gasteiger partial charge on any atom is 0.432 e. The molecule has 0 aliphatic carbocycles. The molecule has 2 rings (SSSR count). The third kappa shape index (κ3) is 11.7. The first-order valence-corrected chi connectivity index (χ1v) is 11.8. The topological polar surface area (TPSA) is 44.7 Å². The second kappa shape index (κ2) is 15.3. The summed E-state index contributed by atoms with van der Waals surface area (Å²) in [5, 5.41) is 3.97. The number of carbonyl (C=O) groups excluding carboxylic acids is 1. The average molecular weight is 482 g/mol. The van der Waals surface area contributed by atoms with E-state index in [4.69, 9.17) is 0 Å². The zero-order valence-corrected chi connectivity index (χ0v) is 20.4. The summed E-state index contributed by atoms with van der Waals surface area (Å²) in [6.45, 7) is 10.8. The van der Waals surface area contributed by atoms with Crippen LogP contribution in [0, 0.1) is 6.92 Å². The number of allylic oxidation sites excluding steroid dienone is 7. The number of nitrogens with zero attached hydrogens (tertiary/aromatic N) is 2. The summed E-state index contributed by atoms with van der Waals surface area (Å²) in [6.07, 6.45) is 11.1. The molecule has 2 heterocycles. The molecule has 182 valence electrons. The molecule has 1 N–H and O–H groups in total. The Balaban J connectivity index is 0.000000568. The zero-order valence-electron chi connectivity index (χ0n) is 19.6. The molecular formula is C25H34F3N3OS. The van der Waals surface area contributed by atoms with Gasteiger partial charge in [-0.15, -0.1) is 11.3 Å². The molecule has 0 atom stereocenters. The van der Waals surface area contributed by atoms with Crippen molar-refractivity contribution in [1.29, 1.82) is 0 Å². The lowest BCUT2D eigenvalue weighted by Gasteiger charge is -2.21. The van der Waals surface area contributed by atoms with Gasteiger partial charge in [0.1, 0.15) is 5.70 Å². The molecule has 1 fully saturated rings. The lowest BCUT2D eigenvalue weighted by Crippen LogP contribution is -2.27. The number of aryl methyl sites for hydroxylation is 1. The second-order valence-electron chi connectivity index (χ2n) is 7.51. The van der Waals surface area contributed by atoms with E-state index in [1.165, 1.54) is 30.6 Å². The number of piperidine rings is 1. The largest absolute Gasteiger partial charge is 0.432 e. The van der Waals surface area contributed by atoms with Crippen molar-refractivity contribution in [1.82, 2.24) is 10.3 Å². The van der Waals surface area contributed by atoms with E-state index in [0.717, 1.165) is 34.8 Å². The molecule has 1 aliphatic heterocycles. The summed E-state index contributed by atoms with van der Waals surface area (Å²) in [5.41, 5.74) is 2.66. The van der Waals surface area contributed by atoms with Crippen molar-refractivity contribution in [3.63, 3.8) is 0 Å². The standard InChI is InChI=1S/C19H23F3N2S.C6H11NO/c1-5-7-8-9-16(6-2)11-12-17(18-13-10-14(3)25-18)24-23-15(4)19(20,21)22;8-6-7-4-2-1-3-5-7/h5-10,13,23H,4,11-12H2,1-3H3;6H,1-5H2/b7-5-,9-8-,16-6+,24-17+;. The van der Waals surface area contributed by atoms with Crippen molar-refractivity contribution < 1.29 is 18.0 Å². The molecule has 1 amide bonds. The quantitative estimate of drug-likeness (QED) is 0.180. The fourth-order valence-corrected chi connectivity index (χ4v) is 3.81. The third-order valence-electron chi connectivity index (χ3n) is 4.87. The highest BCUT2D eigenvalue weighted by Crippen LogP contribution is 2.23. The molecule has 4 nitrogen and oxygen atoms in total. The normalized spacial score (nSPS) is 15.5. The van der Waals surface area contributed by atoms with Gasteiger partial charge in [0.25, 0.3) is 0 Å². The number of hydrogen-bond donors (Lipinski definition) is 1.